The van der Waals surface area contributed by atoms with E-state index >= 15 is 0 Å². The van der Waals surface area contributed by atoms with Crippen LogP contribution in [0.3, 0.4) is 0 Å². The van der Waals surface area contributed by atoms with E-state index in [0.717, 1.165) is 22.4 Å². The number of benzene rings is 2. The highest BCUT2D eigenvalue weighted by molar-refractivity contribution is 7.98. The first kappa shape index (κ1) is 22.1. The lowest BCUT2D eigenvalue weighted by atomic mass is 10.1. The van der Waals surface area contributed by atoms with Crippen LogP contribution >= 0.6 is 11.8 Å². The summed E-state index contributed by atoms with van der Waals surface area (Å²) >= 11 is 1.70. The molecule has 2 aromatic carbocycles. The van der Waals surface area contributed by atoms with E-state index in [1.54, 1.807) is 17.8 Å². The molecular weight excluding hydrogens is 394 g/mol. The number of nitrogens with one attached hydrogen (secondary N) is 1. The van der Waals surface area contributed by atoms with Crippen LogP contribution < -0.4 is 5.32 Å². The molecule has 1 heterocycles. The van der Waals surface area contributed by atoms with Crippen LogP contribution in [0.2, 0.25) is 0 Å². The highest BCUT2D eigenvalue weighted by Gasteiger charge is 2.21. The summed E-state index contributed by atoms with van der Waals surface area (Å²) in [6.07, 6.45) is 5.54. The number of rotatable bonds is 6. The molecule has 158 valence electrons. The van der Waals surface area contributed by atoms with E-state index in [-0.39, 0.29) is 11.8 Å². The maximum absolute atomic E-state index is 12.5. The zero-order valence-corrected chi connectivity index (χ0v) is 18.7. The SMILES string of the molecule is CSc1ccc(/C=C/C(=O)N2CCN(CC(=O)Nc3c(C)cccc3C)CC2)cc1. The summed E-state index contributed by atoms with van der Waals surface area (Å²) in [6.45, 7) is 6.99. The van der Waals surface area contributed by atoms with Gasteiger partial charge in [0.05, 0.1) is 6.54 Å². The fourth-order valence-corrected chi connectivity index (χ4v) is 3.92. The fourth-order valence-electron chi connectivity index (χ4n) is 3.51. The van der Waals surface area contributed by atoms with Gasteiger partial charge in [0.25, 0.3) is 0 Å². The lowest BCUT2D eigenvalue weighted by molar-refractivity contribution is -0.127. The number of nitrogens with zero attached hydrogens (tertiary/aromatic N) is 2. The van der Waals surface area contributed by atoms with Crippen molar-refractivity contribution in [2.45, 2.75) is 18.7 Å². The number of piperazine rings is 1. The number of amides is 2. The second-order valence-electron chi connectivity index (χ2n) is 7.52. The molecule has 2 amide bonds. The van der Waals surface area contributed by atoms with Gasteiger partial charge in [-0.15, -0.1) is 11.8 Å². The van der Waals surface area contributed by atoms with Gasteiger partial charge in [0, 0.05) is 42.8 Å². The number of hydrogen-bond donors (Lipinski definition) is 1. The Hall–Kier alpha value is -2.57. The van der Waals surface area contributed by atoms with Crippen LogP contribution in [0.1, 0.15) is 16.7 Å². The van der Waals surface area contributed by atoms with E-state index in [1.165, 1.54) is 4.90 Å². The molecule has 6 heteroatoms. The van der Waals surface area contributed by atoms with Crippen molar-refractivity contribution in [1.82, 2.24) is 9.80 Å². The van der Waals surface area contributed by atoms with Gasteiger partial charge >= 0.3 is 0 Å². The van der Waals surface area contributed by atoms with Crippen LogP contribution in [0.15, 0.2) is 53.4 Å². The van der Waals surface area contributed by atoms with E-state index in [9.17, 15) is 9.59 Å². The first-order valence-electron chi connectivity index (χ1n) is 10.2. The van der Waals surface area contributed by atoms with Crippen molar-refractivity contribution >= 4 is 35.3 Å². The van der Waals surface area contributed by atoms with Gasteiger partial charge in [0.15, 0.2) is 0 Å². The molecule has 5 nitrogen and oxygen atoms in total. The summed E-state index contributed by atoms with van der Waals surface area (Å²) in [4.78, 5) is 30.1. The van der Waals surface area contributed by atoms with E-state index in [1.807, 2.05) is 61.4 Å². The van der Waals surface area contributed by atoms with Gasteiger partial charge in [0.1, 0.15) is 0 Å². The molecule has 0 spiro atoms. The van der Waals surface area contributed by atoms with Crippen molar-refractivity contribution in [3.05, 3.63) is 65.2 Å². The van der Waals surface area contributed by atoms with Crippen molar-refractivity contribution in [2.75, 3.05) is 44.3 Å². The van der Waals surface area contributed by atoms with Crippen molar-refractivity contribution in [3.63, 3.8) is 0 Å². The summed E-state index contributed by atoms with van der Waals surface area (Å²) in [5.41, 5.74) is 4.04. The third kappa shape index (κ3) is 5.97. The molecule has 1 aliphatic heterocycles. The molecule has 0 aliphatic carbocycles. The third-order valence-corrected chi connectivity index (χ3v) is 6.07. The minimum absolute atomic E-state index is 0.0132. The Bertz CT molecular complexity index is 896. The fraction of sp³-hybridized carbons (Fsp3) is 0.333. The summed E-state index contributed by atoms with van der Waals surface area (Å²) in [7, 11) is 0. The van der Waals surface area contributed by atoms with Crippen LogP contribution in [0.25, 0.3) is 6.08 Å². The van der Waals surface area contributed by atoms with Crippen LogP contribution in [0.4, 0.5) is 5.69 Å². The van der Waals surface area contributed by atoms with Gasteiger partial charge in [-0.2, -0.15) is 0 Å². The van der Waals surface area contributed by atoms with Gasteiger partial charge in [0.2, 0.25) is 11.8 Å². The van der Waals surface area contributed by atoms with Crippen molar-refractivity contribution in [2.24, 2.45) is 0 Å². The smallest absolute Gasteiger partial charge is 0.246 e. The standard InChI is InChI=1S/C24H29N3O2S/c1-18-5-4-6-19(2)24(18)25-22(28)17-26-13-15-27(16-14-26)23(29)12-9-20-7-10-21(30-3)11-8-20/h4-12H,13-17H2,1-3H3,(H,25,28)/b12-9+. The van der Waals surface area contributed by atoms with Crippen molar-refractivity contribution in [3.8, 4) is 0 Å². The summed E-state index contributed by atoms with van der Waals surface area (Å²) in [6, 6.07) is 14.1. The number of thioether (sulfide) groups is 1. The van der Waals surface area contributed by atoms with Gasteiger partial charge in [-0.05, 0) is 55.0 Å². The monoisotopic (exact) mass is 423 g/mol. The van der Waals surface area contributed by atoms with E-state index in [4.69, 9.17) is 0 Å². The second-order valence-corrected chi connectivity index (χ2v) is 8.40. The van der Waals surface area contributed by atoms with Crippen molar-refractivity contribution in [1.29, 1.82) is 0 Å². The van der Waals surface area contributed by atoms with Crippen molar-refractivity contribution < 1.29 is 9.59 Å². The minimum atomic E-state index is -0.0132. The molecule has 2 aromatic rings. The molecule has 0 radical (unpaired) electrons. The van der Waals surface area contributed by atoms with E-state index in [0.29, 0.717) is 32.7 Å². The van der Waals surface area contributed by atoms with Gasteiger partial charge < -0.3 is 10.2 Å². The molecule has 0 aromatic heterocycles. The van der Waals surface area contributed by atoms with E-state index in [2.05, 4.69) is 22.3 Å². The summed E-state index contributed by atoms with van der Waals surface area (Å²) < 4.78 is 0. The van der Waals surface area contributed by atoms with Crippen LogP contribution in [-0.2, 0) is 9.59 Å². The summed E-state index contributed by atoms with van der Waals surface area (Å²) in [5.74, 6) is 0.00402. The maximum Gasteiger partial charge on any atom is 0.246 e. The zero-order chi connectivity index (χ0) is 21.5. The Morgan fingerprint density at radius 3 is 2.23 bits per heavy atom. The summed E-state index contributed by atoms with van der Waals surface area (Å²) in [5, 5.41) is 3.03. The Morgan fingerprint density at radius 2 is 1.63 bits per heavy atom. The first-order valence-corrected chi connectivity index (χ1v) is 11.4. The molecule has 3 rings (SSSR count). The number of hydrogen-bond acceptors (Lipinski definition) is 4. The Balaban J connectivity index is 1.46. The number of anilines is 1. The van der Waals surface area contributed by atoms with Gasteiger partial charge in [-0.3, -0.25) is 14.5 Å². The largest absolute Gasteiger partial charge is 0.337 e. The van der Waals surface area contributed by atoms with Gasteiger partial charge in [-0.1, -0.05) is 30.3 Å². The molecule has 1 saturated heterocycles. The Kier molecular flexibility index (Phi) is 7.71. The third-order valence-electron chi connectivity index (χ3n) is 5.33. The molecule has 0 unspecified atom stereocenters. The maximum atomic E-state index is 12.5. The molecule has 1 fully saturated rings. The Morgan fingerprint density at radius 1 is 1.00 bits per heavy atom. The lowest BCUT2D eigenvalue weighted by Gasteiger charge is -2.33. The molecule has 0 atom stereocenters. The second kappa shape index (κ2) is 10.5. The topological polar surface area (TPSA) is 52.7 Å². The minimum Gasteiger partial charge on any atom is -0.337 e. The van der Waals surface area contributed by atoms with Crippen LogP contribution in [0.5, 0.6) is 0 Å². The van der Waals surface area contributed by atoms with Gasteiger partial charge in [-0.25, -0.2) is 0 Å². The van der Waals surface area contributed by atoms with Crippen LogP contribution in [-0.4, -0.2) is 60.6 Å². The molecule has 30 heavy (non-hydrogen) atoms. The molecular formula is C24H29N3O2S. The normalized spacial score (nSPS) is 14.8. The average molecular weight is 424 g/mol. The molecule has 0 bridgehead atoms. The molecule has 0 saturated carbocycles. The molecule has 1 aliphatic rings. The average Bonchev–Trinajstić information content (AvgIpc) is 2.75. The van der Waals surface area contributed by atoms with Crippen LogP contribution in [0, 0.1) is 13.8 Å². The quantitative estimate of drug-likeness (QED) is 0.567. The highest BCUT2D eigenvalue weighted by atomic mass is 32.2. The number of carbonyl (C=O) groups is 2. The number of aryl methyl sites for hydroxylation is 2. The number of carbonyl (C=O) groups excluding carboxylic acids is 2. The lowest BCUT2D eigenvalue weighted by Crippen LogP contribution is -2.50. The predicted octanol–water partition coefficient (Wildman–Crippen LogP) is 3.82. The Labute approximate surface area is 183 Å². The van der Waals surface area contributed by atoms with E-state index < -0.39 is 0 Å². The zero-order valence-electron chi connectivity index (χ0n) is 17.9. The first-order chi connectivity index (χ1) is 14.5. The number of para-hydroxylation sites is 1. The molecule has 1 N–H and O–H groups in total. The highest BCUT2D eigenvalue weighted by Crippen LogP contribution is 2.19. The predicted molar refractivity (Wildman–Crippen MR) is 125 cm³/mol.